The van der Waals surface area contributed by atoms with Crippen LogP contribution < -0.4 is 5.32 Å². The predicted molar refractivity (Wildman–Crippen MR) is 75.2 cm³/mol. The average molecular weight is 298 g/mol. The first-order chi connectivity index (χ1) is 9.63. The largest absolute Gasteiger partial charge is 0.353 e. The molecular formula is C15H23FN2O3. The number of nitrogens with one attached hydrogen (secondary N) is 1. The number of halogens is 1. The molecule has 0 spiro atoms. The van der Waals surface area contributed by atoms with E-state index in [1.165, 1.54) is 4.90 Å². The van der Waals surface area contributed by atoms with Crippen LogP contribution in [0.15, 0.2) is 0 Å². The molecule has 2 aliphatic rings. The van der Waals surface area contributed by atoms with E-state index in [1.54, 1.807) is 0 Å². The summed E-state index contributed by atoms with van der Waals surface area (Å²) in [4.78, 5) is 37.1. The first-order valence-electron chi connectivity index (χ1n) is 7.41. The van der Waals surface area contributed by atoms with Gasteiger partial charge in [-0.05, 0) is 18.3 Å². The van der Waals surface area contributed by atoms with Gasteiger partial charge in [0.25, 0.3) is 5.91 Å². The molecule has 2 rings (SSSR count). The Morgan fingerprint density at radius 3 is 2.43 bits per heavy atom. The predicted octanol–water partition coefficient (Wildman–Crippen LogP) is 1.07. The second-order valence-electron chi connectivity index (χ2n) is 7.14. The van der Waals surface area contributed by atoms with Crippen molar-refractivity contribution in [3.63, 3.8) is 0 Å². The molecule has 0 aromatic carbocycles. The monoisotopic (exact) mass is 298 g/mol. The third-order valence-corrected chi connectivity index (χ3v) is 4.25. The molecule has 0 radical (unpaired) electrons. The normalized spacial score (nSPS) is 22.1. The lowest BCUT2D eigenvalue weighted by Crippen LogP contribution is -2.47. The Hall–Kier alpha value is -1.46. The molecule has 118 valence electrons. The van der Waals surface area contributed by atoms with E-state index in [2.05, 4.69) is 5.32 Å². The van der Waals surface area contributed by atoms with Crippen molar-refractivity contribution in [3.8, 4) is 0 Å². The maximum atomic E-state index is 13.6. The van der Waals surface area contributed by atoms with Gasteiger partial charge >= 0.3 is 0 Å². The summed E-state index contributed by atoms with van der Waals surface area (Å²) in [5.74, 6) is -1.17. The Kier molecular flexibility index (Phi) is 4.08. The standard InChI is InChI=1S/C15H23FN2O3/c1-14(2,3)11(8-17-13(21)15(16)5-6-15)12(20)18-7-4-10(19)9-18/h11H,4-9H2,1-3H3,(H,17,21). The van der Waals surface area contributed by atoms with Crippen LogP contribution in [-0.4, -0.2) is 47.8 Å². The number of amides is 2. The number of hydrogen-bond acceptors (Lipinski definition) is 3. The molecule has 0 aromatic rings. The second-order valence-corrected chi connectivity index (χ2v) is 7.14. The number of alkyl halides is 1. The number of carbonyl (C=O) groups excluding carboxylic acids is 3. The van der Waals surface area contributed by atoms with Crippen LogP contribution in [0.2, 0.25) is 0 Å². The maximum absolute atomic E-state index is 13.6. The minimum Gasteiger partial charge on any atom is -0.353 e. The number of hydrogen-bond donors (Lipinski definition) is 1. The fraction of sp³-hybridized carbons (Fsp3) is 0.800. The molecule has 2 amide bonds. The van der Waals surface area contributed by atoms with Crippen LogP contribution in [0.1, 0.15) is 40.0 Å². The summed E-state index contributed by atoms with van der Waals surface area (Å²) in [5.41, 5.74) is -2.10. The fourth-order valence-electron chi connectivity index (χ4n) is 2.49. The quantitative estimate of drug-likeness (QED) is 0.844. The van der Waals surface area contributed by atoms with Crippen LogP contribution in [0.4, 0.5) is 4.39 Å². The Bertz CT molecular complexity index is 466. The van der Waals surface area contributed by atoms with Crippen LogP contribution in [0.5, 0.6) is 0 Å². The second kappa shape index (κ2) is 5.39. The first-order valence-corrected chi connectivity index (χ1v) is 7.41. The van der Waals surface area contributed by atoms with Crippen molar-refractivity contribution in [1.29, 1.82) is 0 Å². The van der Waals surface area contributed by atoms with Gasteiger partial charge in [-0.3, -0.25) is 14.4 Å². The van der Waals surface area contributed by atoms with Gasteiger partial charge in [0.05, 0.1) is 12.5 Å². The summed E-state index contributed by atoms with van der Waals surface area (Å²) < 4.78 is 13.6. The first kappa shape index (κ1) is 15.9. The minimum atomic E-state index is -1.73. The topological polar surface area (TPSA) is 66.5 Å². The Labute approximate surface area is 124 Å². The van der Waals surface area contributed by atoms with E-state index >= 15 is 0 Å². The van der Waals surface area contributed by atoms with Gasteiger partial charge in [0.1, 0.15) is 0 Å². The highest BCUT2D eigenvalue weighted by atomic mass is 19.1. The molecule has 1 N–H and O–H groups in total. The van der Waals surface area contributed by atoms with Crippen molar-refractivity contribution >= 4 is 17.6 Å². The number of Topliss-reactive ketones (excluding diaryl/α,β-unsaturated/α-hetero) is 1. The molecular weight excluding hydrogens is 275 g/mol. The molecule has 1 unspecified atom stereocenters. The molecule has 1 atom stereocenters. The van der Waals surface area contributed by atoms with Crippen LogP contribution in [0.3, 0.4) is 0 Å². The number of likely N-dealkylation sites (tertiary alicyclic amines) is 1. The molecule has 2 fully saturated rings. The molecule has 0 bridgehead atoms. The maximum Gasteiger partial charge on any atom is 0.257 e. The third-order valence-electron chi connectivity index (χ3n) is 4.25. The number of carbonyl (C=O) groups is 3. The van der Waals surface area contributed by atoms with E-state index in [4.69, 9.17) is 0 Å². The van der Waals surface area contributed by atoms with E-state index in [0.717, 1.165) is 0 Å². The van der Waals surface area contributed by atoms with Crippen LogP contribution >= 0.6 is 0 Å². The smallest absolute Gasteiger partial charge is 0.257 e. The van der Waals surface area contributed by atoms with E-state index in [1.807, 2.05) is 20.8 Å². The summed E-state index contributed by atoms with van der Waals surface area (Å²) in [6.07, 6.45) is 0.906. The van der Waals surface area contributed by atoms with Gasteiger partial charge in [-0.15, -0.1) is 0 Å². The zero-order chi connectivity index (χ0) is 15.8. The fourth-order valence-corrected chi connectivity index (χ4v) is 2.49. The number of rotatable bonds is 4. The van der Waals surface area contributed by atoms with Gasteiger partial charge in [-0.2, -0.15) is 0 Å². The third kappa shape index (κ3) is 3.60. The zero-order valence-corrected chi connectivity index (χ0v) is 12.9. The van der Waals surface area contributed by atoms with Crippen molar-refractivity contribution in [1.82, 2.24) is 10.2 Å². The molecule has 21 heavy (non-hydrogen) atoms. The summed E-state index contributed by atoms with van der Waals surface area (Å²) in [6.45, 7) is 6.40. The van der Waals surface area contributed by atoms with Gasteiger partial charge < -0.3 is 10.2 Å². The van der Waals surface area contributed by atoms with Crippen LogP contribution in [-0.2, 0) is 14.4 Å². The Balaban J connectivity index is 1.99. The molecule has 1 saturated heterocycles. The average Bonchev–Trinajstić information content (AvgIpc) is 2.97. The Morgan fingerprint density at radius 2 is 2.00 bits per heavy atom. The molecule has 0 aromatic heterocycles. The lowest BCUT2D eigenvalue weighted by molar-refractivity contribution is -0.139. The molecule has 1 aliphatic carbocycles. The van der Waals surface area contributed by atoms with Gasteiger partial charge in [-0.25, -0.2) is 4.39 Å². The highest BCUT2D eigenvalue weighted by Crippen LogP contribution is 2.40. The van der Waals surface area contributed by atoms with Gasteiger partial charge in [0.2, 0.25) is 5.91 Å². The lowest BCUT2D eigenvalue weighted by Gasteiger charge is -2.32. The van der Waals surface area contributed by atoms with E-state index < -0.39 is 17.5 Å². The summed E-state index contributed by atoms with van der Waals surface area (Å²) in [6, 6.07) is 0. The zero-order valence-electron chi connectivity index (χ0n) is 12.9. The van der Waals surface area contributed by atoms with E-state index in [0.29, 0.717) is 13.0 Å². The Morgan fingerprint density at radius 1 is 1.38 bits per heavy atom. The summed E-state index contributed by atoms with van der Waals surface area (Å²) >= 11 is 0. The molecule has 5 nitrogen and oxygen atoms in total. The van der Waals surface area contributed by atoms with Gasteiger partial charge in [0, 0.05) is 19.5 Å². The van der Waals surface area contributed by atoms with Crippen molar-refractivity contribution in [2.75, 3.05) is 19.6 Å². The highest BCUT2D eigenvalue weighted by Gasteiger charge is 2.51. The SMILES string of the molecule is CC(C)(C)C(CNC(=O)C1(F)CC1)C(=O)N1CCC(=O)C1. The van der Waals surface area contributed by atoms with Crippen molar-refractivity contribution < 1.29 is 18.8 Å². The minimum absolute atomic E-state index is 0.0562. The highest BCUT2D eigenvalue weighted by molar-refractivity contribution is 5.91. The molecule has 1 heterocycles. The van der Waals surface area contributed by atoms with Gasteiger partial charge in [-0.1, -0.05) is 20.8 Å². The number of nitrogens with zero attached hydrogens (tertiary/aromatic N) is 1. The van der Waals surface area contributed by atoms with Crippen molar-refractivity contribution in [2.24, 2.45) is 11.3 Å². The lowest BCUT2D eigenvalue weighted by atomic mass is 9.79. The summed E-state index contributed by atoms with van der Waals surface area (Å²) in [5, 5.41) is 2.56. The number of ketones is 1. The van der Waals surface area contributed by atoms with Crippen molar-refractivity contribution in [3.05, 3.63) is 0 Å². The summed E-state index contributed by atoms with van der Waals surface area (Å²) in [7, 11) is 0. The van der Waals surface area contributed by atoms with E-state index in [-0.39, 0.29) is 43.0 Å². The van der Waals surface area contributed by atoms with E-state index in [9.17, 15) is 18.8 Å². The molecule has 1 aliphatic heterocycles. The van der Waals surface area contributed by atoms with Gasteiger partial charge in [0.15, 0.2) is 11.5 Å². The molecule has 1 saturated carbocycles. The van der Waals surface area contributed by atoms with Crippen LogP contribution in [0, 0.1) is 11.3 Å². The van der Waals surface area contributed by atoms with Crippen LogP contribution in [0.25, 0.3) is 0 Å². The van der Waals surface area contributed by atoms with Crippen molar-refractivity contribution in [2.45, 2.75) is 45.7 Å². The molecule has 6 heteroatoms.